The van der Waals surface area contributed by atoms with Crippen molar-refractivity contribution in [3.05, 3.63) is 21.3 Å². The lowest BCUT2D eigenvalue weighted by atomic mass is 10.0. The second-order valence-electron chi connectivity index (χ2n) is 5.06. The second-order valence-corrected chi connectivity index (χ2v) is 6.81. The van der Waals surface area contributed by atoms with Crippen LogP contribution in [0.3, 0.4) is 0 Å². The van der Waals surface area contributed by atoms with E-state index in [2.05, 4.69) is 24.9 Å². The van der Waals surface area contributed by atoms with E-state index in [0.29, 0.717) is 0 Å². The summed E-state index contributed by atoms with van der Waals surface area (Å²) >= 11 is 7.65. The largest absolute Gasteiger partial charge is 0.377 e. The average Bonchev–Trinajstić information content (AvgIpc) is 2.75. The molecule has 0 amide bonds. The maximum absolute atomic E-state index is 6.27. The van der Waals surface area contributed by atoms with E-state index in [1.807, 2.05) is 19.9 Å². The molecule has 1 rings (SSSR count). The Balaban J connectivity index is 2.68. The quantitative estimate of drug-likeness (QED) is 0.798. The Kier molecular flexibility index (Phi) is 7.32. The molecule has 2 unspecified atom stereocenters. The number of likely N-dealkylation sites (N-methyl/N-ethyl adjacent to an activating group) is 1. The van der Waals surface area contributed by atoms with Crippen LogP contribution in [0.2, 0.25) is 4.34 Å². The normalized spacial score (nSPS) is 15.2. The Morgan fingerprint density at radius 2 is 2.11 bits per heavy atom. The van der Waals surface area contributed by atoms with E-state index in [1.165, 1.54) is 4.88 Å². The van der Waals surface area contributed by atoms with Gasteiger partial charge in [-0.15, -0.1) is 11.3 Å². The van der Waals surface area contributed by atoms with Crippen LogP contribution in [-0.2, 0) is 4.74 Å². The number of nitrogens with two attached hydrogens (primary N) is 1. The van der Waals surface area contributed by atoms with Crippen molar-refractivity contribution in [1.82, 2.24) is 4.90 Å². The van der Waals surface area contributed by atoms with Crippen molar-refractivity contribution in [2.75, 3.05) is 20.2 Å². The molecule has 0 aliphatic heterocycles. The first kappa shape index (κ1) is 16.9. The third-order valence-electron chi connectivity index (χ3n) is 3.13. The summed E-state index contributed by atoms with van der Waals surface area (Å²) in [6.07, 6.45) is 1.21. The molecule has 0 aliphatic rings. The van der Waals surface area contributed by atoms with Gasteiger partial charge in [-0.05, 0) is 39.4 Å². The van der Waals surface area contributed by atoms with Gasteiger partial charge in [-0.2, -0.15) is 0 Å². The van der Waals surface area contributed by atoms with E-state index in [-0.39, 0.29) is 18.2 Å². The summed E-state index contributed by atoms with van der Waals surface area (Å²) in [5.41, 5.74) is 6.27. The van der Waals surface area contributed by atoms with Gasteiger partial charge in [0.2, 0.25) is 0 Å². The SMILES string of the molecule is CCC(N)C(c1ccc(Cl)s1)N(C)CCOC(C)C. The minimum absolute atomic E-state index is 0.110. The van der Waals surface area contributed by atoms with Gasteiger partial charge < -0.3 is 10.5 Å². The van der Waals surface area contributed by atoms with Crippen molar-refractivity contribution in [3.63, 3.8) is 0 Å². The van der Waals surface area contributed by atoms with Crippen molar-refractivity contribution < 1.29 is 4.74 Å². The standard InChI is InChI=1S/C14H25ClN2OS/c1-5-11(16)14(12-6-7-13(15)19-12)17(4)8-9-18-10(2)3/h6-7,10-11,14H,5,8-9,16H2,1-4H3. The lowest BCUT2D eigenvalue weighted by Crippen LogP contribution is -2.40. The van der Waals surface area contributed by atoms with E-state index in [1.54, 1.807) is 11.3 Å². The number of halogens is 1. The Bertz CT molecular complexity index is 370. The molecular weight excluding hydrogens is 280 g/mol. The molecule has 0 aromatic carbocycles. The summed E-state index contributed by atoms with van der Waals surface area (Å²) in [5.74, 6) is 0. The highest BCUT2D eigenvalue weighted by Gasteiger charge is 2.24. The lowest BCUT2D eigenvalue weighted by molar-refractivity contribution is 0.0531. The molecule has 0 fully saturated rings. The van der Waals surface area contributed by atoms with E-state index in [0.717, 1.165) is 23.9 Å². The molecule has 0 radical (unpaired) electrons. The summed E-state index contributed by atoms with van der Waals surface area (Å²) in [6, 6.07) is 4.33. The molecule has 19 heavy (non-hydrogen) atoms. The molecule has 1 heterocycles. The van der Waals surface area contributed by atoms with Crippen molar-refractivity contribution in [1.29, 1.82) is 0 Å². The monoisotopic (exact) mass is 304 g/mol. The Hall–Kier alpha value is -0.130. The molecule has 0 spiro atoms. The molecule has 1 aromatic heterocycles. The fourth-order valence-corrected chi connectivity index (χ4v) is 3.34. The third kappa shape index (κ3) is 5.40. The Morgan fingerprint density at radius 1 is 1.42 bits per heavy atom. The topological polar surface area (TPSA) is 38.5 Å². The van der Waals surface area contributed by atoms with Gasteiger partial charge >= 0.3 is 0 Å². The smallest absolute Gasteiger partial charge is 0.0931 e. The van der Waals surface area contributed by atoms with Crippen molar-refractivity contribution in [2.24, 2.45) is 5.73 Å². The summed E-state index contributed by atoms with van der Waals surface area (Å²) in [5, 5.41) is 0. The summed E-state index contributed by atoms with van der Waals surface area (Å²) in [6.45, 7) is 7.81. The maximum atomic E-state index is 6.27. The first-order valence-corrected chi connectivity index (χ1v) is 7.97. The Labute approximate surface area is 125 Å². The van der Waals surface area contributed by atoms with Crippen LogP contribution < -0.4 is 5.73 Å². The van der Waals surface area contributed by atoms with Gasteiger partial charge in [0.05, 0.1) is 23.1 Å². The van der Waals surface area contributed by atoms with E-state index in [9.17, 15) is 0 Å². The molecule has 3 nitrogen and oxygen atoms in total. The molecule has 0 saturated heterocycles. The van der Waals surface area contributed by atoms with Gasteiger partial charge in [0.15, 0.2) is 0 Å². The second kappa shape index (κ2) is 8.22. The fourth-order valence-electron chi connectivity index (χ4n) is 2.04. The molecule has 110 valence electrons. The van der Waals surface area contributed by atoms with Crippen LogP contribution in [0.5, 0.6) is 0 Å². The minimum atomic E-state index is 0.110. The van der Waals surface area contributed by atoms with Crippen LogP contribution in [0.25, 0.3) is 0 Å². The Morgan fingerprint density at radius 3 is 2.58 bits per heavy atom. The molecule has 0 saturated carbocycles. The third-order valence-corrected chi connectivity index (χ3v) is 4.43. The first-order valence-electron chi connectivity index (χ1n) is 6.78. The number of rotatable bonds is 8. The van der Waals surface area contributed by atoms with E-state index in [4.69, 9.17) is 22.1 Å². The van der Waals surface area contributed by atoms with Gasteiger partial charge in [-0.25, -0.2) is 0 Å². The molecule has 1 aromatic rings. The predicted octanol–water partition coefficient (Wildman–Crippen LogP) is 3.54. The number of hydrogen-bond donors (Lipinski definition) is 1. The van der Waals surface area contributed by atoms with Crippen LogP contribution in [0, 0.1) is 0 Å². The van der Waals surface area contributed by atoms with Gasteiger partial charge in [-0.1, -0.05) is 18.5 Å². The van der Waals surface area contributed by atoms with Gasteiger partial charge in [0, 0.05) is 17.5 Å². The number of ether oxygens (including phenoxy) is 1. The van der Waals surface area contributed by atoms with E-state index >= 15 is 0 Å². The van der Waals surface area contributed by atoms with Gasteiger partial charge in [0.25, 0.3) is 0 Å². The van der Waals surface area contributed by atoms with Gasteiger partial charge in [0.1, 0.15) is 0 Å². The average molecular weight is 305 g/mol. The van der Waals surface area contributed by atoms with Crippen molar-refractivity contribution >= 4 is 22.9 Å². The van der Waals surface area contributed by atoms with Crippen LogP contribution in [-0.4, -0.2) is 37.2 Å². The number of hydrogen-bond acceptors (Lipinski definition) is 4. The molecular formula is C14H25ClN2OS. The minimum Gasteiger partial charge on any atom is -0.377 e. The zero-order valence-electron chi connectivity index (χ0n) is 12.2. The molecule has 2 N–H and O–H groups in total. The van der Waals surface area contributed by atoms with Crippen molar-refractivity contribution in [3.8, 4) is 0 Å². The predicted molar refractivity (Wildman–Crippen MR) is 84.1 cm³/mol. The van der Waals surface area contributed by atoms with Crippen LogP contribution in [0.15, 0.2) is 12.1 Å². The maximum Gasteiger partial charge on any atom is 0.0931 e. The van der Waals surface area contributed by atoms with E-state index < -0.39 is 0 Å². The first-order chi connectivity index (χ1) is 8.95. The van der Waals surface area contributed by atoms with Crippen molar-refractivity contribution in [2.45, 2.75) is 45.4 Å². The van der Waals surface area contributed by atoms with Crippen LogP contribution >= 0.6 is 22.9 Å². The highest BCUT2D eigenvalue weighted by molar-refractivity contribution is 7.16. The van der Waals surface area contributed by atoms with Crippen LogP contribution in [0.4, 0.5) is 0 Å². The number of nitrogens with zero attached hydrogens (tertiary/aromatic N) is 1. The highest BCUT2D eigenvalue weighted by Crippen LogP contribution is 2.32. The van der Waals surface area contributed by atoms with Crippen LogP contribution in [0.1, 0.15) is 38.1 Å². The lowest BCUT2D eigenvalue weighted by Gasteiger charge is -2.31. The summed E-state index contributed by atoms with van der Waals surface area (Å²) in [4.78, 5) is 3.49. The zero-order chi connectivity index (χ0) is 14.4. The molecule has 5 heteroatoms. The number of thiophene rings is 1. The highest BCUT2D eigenvalue weighted by atomic mass is 35.5. The van der Waals surface area contributed by atoms with Gasteiger partial charge in [-0.3, -0.25) is 4.90 Å². The molecule has 0 bridgehead atoms. The summed E-state index contributed by atoms with van der Waals surface area (Å²) in [7, 11) is 2.09. The molecule has 0 aliphatic carbocycles. The zero-order valence-corrected chi connectivity index (χ0v) is 13.8. The molecule has 2 atom stereocenters. The fraction of sp³-hybridized carbons (Fsp3) is 0.714. The summed E-state index contributed by atoms with van der Waals surface area (Å²) < 4.78 is 6.43.